The molecule has 17 heavy (non-hydrogen) atoms. The molecule has 0 fully saturated rings. The van der Waals surface area contributed by atoms with Gasteiger partial charge in [-0.05, 0) is 43.5 Å². The summed E-state index contributed by atoms with van der Waals surface area (Å²) >= 11 is 0. The molecule has 0 radical (unpaired) electrons. The molecule has 2 rings (SSSR count). The molecule has 0 bridgehead atoms. The Hall–Kier alpha value is -1.82. The molecule has 0 amide bonds. The molecule has 88 valence electrons. The number of fused-ring (bicyclic) bond motifs is 1. The van der Waals surface area contributed by atoms with E-state index in [4.69, 9.17) is 5.26 Å². The molecular weight excluding hydrogens is 212 g/mol. The highest BCUT2D eigenvalue weighted by atomic mass is 16.1. The second kappa shape index (κ2) is 5.01. The number of carbonyl (C=O) groups excluding carboxylic acids is 1. The lowest BCUT2D eigenvalue weighted by Gasteiger charge is -2.18. The summed E-state index contributed by atoms with van der Waals surface area (Å²) in [5.41, 5.74) is 3.28. The largest absolute Gasteiger partial charge is 0.371 e. The van der Waals surface area contributed by atoms with E-state index in [-0.39, 0.29) is 5.78 Å². The van der Waals surface area contributed by atoms with Crippen molar-refractivity contribution in [3.05, 3.63) is 29.3 Å². The molecule has 0 saturated carbocycles. The van der Waals surface area contributed by atoms with Gasteiger partial charge in [0.2, 0.25) is 0 Å². The van der Waals surface area contributed by atoms with Crippen molar-refractivity contribution in [2.75, 3.05) is 18.0 Å². The first-order valence-electron chi connectivity index (χ1n) is 5.98. The third-order valence-corrected chi connectivity index (χ3v) is 3.19. The zero-order chi connectivity index (χ0) is 12.3. The molecule has 1 aliphatic heterocycles. The predicted octanol–water partition coefficient (Wildman–Crippen LogP) is 2.56. The molecule has 0 unspecified atom stereocenters. The normalized spacial score (nSPS) is 13.3. The summed E-state index contributed by atoms with van der Waals surface area (Å²) < 4.78 is 0. The SMILES string of the molecule is CC(=O)c1ccc2c(c1)CCN2CCCC#N. The summed E-state index contributed by atoms with van der Waals surface area (Å²) in [5, 5.41) is 8.53. The lowest BCUT2D eigenvalue weighted by molar-refractivity contribution is 0.101. The lowest BCUT2D eigenvalue weighted by atomic mass is 10.1. The van der Waals surface area contributed by atoms with Gasteiger partial charge in [0.25, 0.3) is 0 Å². The first kappa shape index (κ1) is 11.7. The maximum Gasteiger partial charge on any atom is 0.159 e. The van der Waals surface area contributed by atoms with Crippen molar-refractivity contribution in [3.63, 3.8) is 0 Å². The Morgan fingerprint density at radius 3 is 3.06 bits per heavy atom. The lowest BCUT2D eigenvalue weighted by Crippen LogP contribution is -2.21. The highest BCUT2D eigenvalue weighted by Crippen LogP contribution is 2.29. The third kappa shape index (κ3) is 2.47. The maximum absolute atomic E-state index is 11.3. The van der Waals surface area contributed by atoms with Crippen LogP contribution >= 0.6 is 0 Å². The van der Waals surface area contributed by atoms with Crippen LogP contribution in [0.15, 0.2) is 18.2 Å². The Kier molecular flexibility index (Phi) is 3.43. The van der Waals surface area contributed by atoms with Crippen LogP contribution in [0.3, 0.4) is 0 Å². The molecule has 0 atom stereocenters. The van der Waals surface area contributed by atoms with Gasteiger partial charge in [0.05, 0.1) is 6.07 Å². The summed E-state index contributed by atoms with van der Waals surface area (Å²) in [6.07, 6.45) is 2.52. The number of Topliss-reactive ketones (excluding diaryl/α,β-unsaturated/α-hetero) is 1. The van der Waals surface area contributed by atoms with Crippen LogP contribution in [0.4, 0.5) is 5.69 Å². The molecule has 1 aromatic carbocycles. The van der Waals surface area contributed by atoms with Gasteiger partial charge >= 0.3 is 0 Å². The number of hydrogen-bond acceptors (Lipinski definition) is 3. The first-order chi connectivity index (χ1) is 8.22. The fourth-order valence-corrected chi connectivity index (χ4v) is 2.27. The van der Waals surface area contributed by atoms with Gasteiger partial charge in [0.1, 0.15) is 0 Å². The number of anilines is 1. The van der Waals surface area contributed by atoms with Crippen LogP contribution in [0, 0.1) is 11.3 Å². The van der Waals surface area contributed by atoms with Gasteiger partial charge in [-0.1, -0.05) is 0 Å². The summed E-state index contributed by atoms with van der Waals surface area (Å²) in [4.78, 5) is 13.6. The number of nitriles is 1. The van der Waals surface area contributed by atoms with E-state index in [1.54, 1.807) is 6.92 Å². The van der Waals surface area contributed by atoms with Gasteiger partial charge < -0.3 is 4.90 Å². The Labute approximate surface area is 102 Å². The van der Waals surface area contributed by atoms with Crippen molar-refractivity contribution >= 4 is 11.5 Å². The van der Waals surface area contributed by atoms with Gasteiger partial charge in [-0.15, -0.1) is 0 Å². The first-order valence-corrected chi connectivity index (χ1v) is 5.98. The quantitative estimate of drug-likeness (QED) is 0.587. The molecule has 1 aliphatic rings. The molecule has 0 aliphatic carbocycles. The fraction of sp³-hybridized carbons (Fsp3) is 0.429. The Morgan fingerprint density at radius 2 is 2.35 bits per heavy atom. The van der Waals surface area contributed by atoms with Crippen LogP contribution in [0.1, 0.15) is 35.7 Å². The van der Waals surface area contributed by atoms with Crippen molar-refractivity contribution in [2.45, 2.75) is 26.2 Å². The summed E-state index contributed by atoms with van der Waals surface area (Å²) in [6, 6.07) is 8.10. The molecule has 0 spiro atoms. The Morgan fingerprint density at radius 1 is 1.53 bits per heavy atom. The molecule has 0 aromatic heterocycles. The average Bonchev–Trinajstić information content (AvgIpc) is 2.72. The van der Waals surface area contributed by atoms with Crippen molar-refractivity contribution in [1.29, 1.82) is 5.26 Å². The van der Waals surface area contributed by atoms with Gasteiger partial charge in [-0.2, -0.15) is 5.26 Å². The Balaban J connectivity index is 2.11. The minimum Gasteiger partial charge on any atom is -0.371 e. The van der Waals surface area contributed by atoms with E-state index < -0.39 is 0 Å². The zero-order valence-corrected chi connectivity index (χ0v) is 10.1. The summed E-state index contributed by atoms with van der Waals surface area (Å²) in [5.74, 6) is 0.121. The predicted molar refractivity (Wildman–Crippen MR) is 67.2 cm³/mol. The number of ketones is 1. The van der Waals surface area contributed by atoms with Crippen molar-refractivity contribution in [3.8, 4) is 6.07 Å². The Bertz CT molecular complexity index is 474. The summed E-state index contributed by atoms with van der Waals surface area (Å²) in [7, 11) is 0. The highest BCUT2D eigenvalue weighted by Gasteiger charge is 2.19. The number of benzene rings is 1. The second-order valence-electron chi connectivity index (χ2n) is 4.40. The van der Waals surface area contributed by atoms with Gasteiger partial charge in [-0.25, -0.2) is 0 Å². The van der Waals surface area contributed by atoms with E-state index in [0.717, 1.165) is 31.5 Å². The molecule has 1 aromatic rings. The van der Waals surface area contributed by atoms with E-state index in [0.29, 0.717) is 6.42 Å². The van der Waals surface area contributed by atoms with E-state index in [9.17, 15) is 4.79 Å². The minimum atomic E-state index is 0.121. The molecule has 3 nitrogen and oxygen atoms in total. The number of rotatable bonds is 4. The fourth-order valence-electron chi connectivity index (χ4n) is 2.27. The van der Waals surface area contributed by atoms with Crippen LogP contribution in [0.2, 0.25) is 0 Å². The standard InChI is InChI=1S/C14H16N2O/c1-11(17)12-4-5-14-13(10-12)6-9-16(14)8-3-2-7-15/h4-5,10H,2-3,6,8-9H2,1H3. The number of unbranched alkanes of at least 4 members (excludes halogenated alkanes) is 1. The molecule has 0 N–H and O–H groups in total. The van der Waals surface area contributed by atoms with Crippen LogP contribution in [-0.4, -0.2) is 18.9 Å². The third-order valence-electron chi connectivity index (χ3n) is 3.19. The van der Waals surface area contributed by atoms with Crippen molar-refractivity contribution < 1.29 is 4.79 Å². The van der Waals surface area contributed by atoms with Gasteiger partial charge in [0, 0.05) is 30.8 Å². The molecule has 0 saturated heterocycles. The van der Waals surface area contributed by atoms with Crippen LogP contribution in [-0.2, 0) is 6.42 Å². The number of hydrogen-bond donors (Lipinski definition) is 0. The van der Waals surface area contributed by atoms with Crippen molar-refractivity contribution in [2.24, 2.45) is 0 Å². The van der Waals surface area contributed by atoms with Crippen LogP contribution in [0.5, 0.6) is 0 Å². The van der Waals surface area contributed by atoms with E-state index in [1.807, 2.05) is 18.2 Å². The summed E-state index contributed by atoms with van der Waals surface area (Å²) in [6.45, 7) is 3.53. The van der Waals surface area contributed by atoms with Gasteiger partial charge in [0.15, 0.2) is 5.78 Å². The maximum atomic E-state index is 11.3. The average molecular weight is 228 g/mol. The van der Waals surface area contributed by atoms with Crippen LogP contribution in [0.25, 0.3) is 0 Å². The van der Waals surface area contributed by atoms with E-state index in [1.165, 1.54) is 11.3 Å². The molecule has 1 heterocycles. The second-order valence-corrected chi connectivity index (χ2v) is 4.40. The van der Waals surface area contributed by atoms with E-state index in [2.05, 4.69) is 11.0 Å². The number of carbonyl (C=O) groups is 1. The highest BCUT2D eigenvalue weighted by molar-refractivity contribution is 5.94. The smallest absolute Gasteiger partial charge is 0.159 e. The molecular formula is C14H16N2O. The minimum absolute atomic E-state index is 0.121. The van der Waals surface area contributed by atoms with Crippen molar-refractivity contribution in [1.82, 2.24) is 0 Å². The monoisotopic (exact) mass is 228 g/mol. The number of nitrogens with zero attached hydrogens (tertiary/aromatic N) is 2. The zero-order valence-electron chi connectivity index (χ0n) is 10.1. The van der Waals surface area contributed by atoms with Gasteiger partial charge in [-0.3, -0.25) is 4.79 Å². The topological polar surface area (TPSA) is 44.1 Å². The van der Waals surface area contributed by atoms with Crippen LogP contribution < -0.4 is 4.90 Å². The van der Waals surface area contributed by atoms with E-state index >= 15 is 0 Å². The molecule has 3 heteroatoms.